The molecule has 1 aliphatic rings. The van der Waals surface area contributed by atoms with E-state index >= 15 is 0 Å². The third-order valence-electron chi connectivity index (χ3n) is 3.89. The van der Waals surface area contributed by atoms with E-state index in [0.29, 0.717) is 31.5 Å². The van der Waals surface area contributed by atoms with Crippen molar-refractivity contribution in [3.63, 3.8) is 0 Å². The van der Waals surface area contributed by atoms with Gasteiger partial charge in [-0.3, -0.25) is 4.79 Å². The van der Waals surface area contributed by atoms with Crippen molar-refractivity contribution in [2.45, 2.75) is 13.3 Å². The number of carbonyl (C=O) groups is 1. The van der Waals surface area contributed by atoms with Gasteiger partial charge in [-0.2, -0.15) is 0 Å². The van der Waals surface area contributed by atoms with Crippen LogP contribution in [-0.2, 0) is 0 Å². The Morgan fingerprint density at radius 2 is 2.32 bits per heavy atom. The van der Waals surface area contributed by atoms with Gasteiger partial charge in [-0.15, -0.1) is 0 Å². The second kappa shape index (κ2) is 5.88. The van der Waals surface area contributed by atoms with E-state index in [1.54, 1.807) is 11.0 Å². The van der Waals surface area contributed by atoms with Crippen LogP contribution in [0.2, 0.25) is 5.02 Å². The first-order chi connectivity index (χ1) is 9.04. The lowest BCUT2D eigenvalue weighted by atomic mass is 9.87. The Morgan fingerprint density at radius 1 is 1.58 bits per heavy atom. The standard InChI is InChI=1S/C14H18ClFN2O/c1-9-5-6-18(8-10(9)7-17)14(19)11-3-2-4-12(16)13(11)15/h2-4,9-10H,5-8,17H2,1H3. The van der Waals surface area contributed by atoms with Crippen LogP contribution in [0.5, 0.6) is 0 Å². The molecule has 2 N–H and O–H groups in total. The van der Waals surface area contributed by atoms with E-state index in [1.807, 2.05) is 0 Å². The predicted octanol–water partition coefficient (Wildman–Crippen LogP) is 2.54. The third kappa shape index (κ3) is 2.90. The molecule has 0 bridgehead atoms. The Kier molecular flexibility index (Phi) is 4.42. The van der Waals surface area contributed by atoms with Crippen LogP contribution in [0.15, 0.2) is 18.2 Å². The topological polar surface area (TPSA) is 46.3 Å². The molecule has 104 valence electrons. The Bertz CT molecular complexity index is 481. The summed E-state index contributed by atoms with van der Waals surface area (Å²) >= 11 is 5.86. The minimum Gasteiger partial charge on any atom is -0.338 e. The number of nitrogens with zero attached hydrogens (tertiary/aromatic N) is 1. The minimum absolute atomic E-state index is 0.101. The van der Waals surface area contributed by atoms with E-state index in [4.69, 9.17) is 17.3 Å². The fourth-order valence-corrected chi connectivity index (χ4v) is 2.69. The van der Waals surface area contributed by atoms with Crippen molar-refractivity contribution < 1.29 is 9.18 Å². The predicted molar refractivity (Wildman–Crippen MR) is 73.6 cm³/mol. The van der Waals surface area contributed by atoms with Crippen LogP contribution in [0.25, 0.3) is 0 Å². The fraction of sp³-hybridized carbons (Fsp3) is 0.500. The Morgan fingerprint density at radius 3 is 3.00 bits per heavy atom. The van der Waals surface area contributed by atoms with Gasteiger partial charge in [0.1, 0.15) is 5.82 Å². The highest BCUT2D eigenvalue weighted by Gasteiger charge is 2.29. The maximum Gasteiger partial charge on any atom is 0.255 e. The summed E-state index contributed by atoms with van der Waals surface area (Å²) in [6.45, 7) is 3.99. The largest absolute Gasteiger partial charge is 0.338 e. The number of amides is 1. The normalized spacial score (nSPS) is 23.5. The fourth-order valence-electron chi connectivity index (χ4n) is 2.48. The summed E-state index contributed by atoms with van der Waals surface area (Å²) in [6, 6.07) is 4.31. The number of likely N-dealkylation sites (tertiary alicyclic amines) is 1. The van der Waals surface area contributed by atoms with E-state index in [-0.39, 0.29) is 16.5 Å². The zero-order valence-electron chi connectivity index (χ0n) is 10.9. The second-order valence-corrected chi connectivity index (χ2v) is 5.49. The number of halogens is 2. The average molecular weight is 285 g/mol. The molecule has 5 heteroatoms. The van der Waals surface area contributed by atoms with Crippen LogP contribution >= 0.6 is 11.6 Å². The molecule has 1 aromatic rings. The molecule has 2 unspecified atom stereocenters. The number of carbonyl (C=O) groups excluding carboxylic acids is 1. The molecule has 0 radical (unpaired) electrons. The molecule has 1 saturated heterocycles. The Balaban J connectivity index is 2.18. The van der Waals surface area contributed by atoms with E-state index in [1.165, 1.54) is 12.1 Å². The summed E-state index contributed by atoms with van der Waals surface area (Å²) in [6.07, 6.45) is 0.917. The molecule has 3 nitrogen and oxygen atoms in total. The number of hydrogen-bond donors (Lipinski definition) is 1. The molecule has 0 aliphatic carbocycles. The number of piperidine rings is 1. The molecule has 2 atom stereocenters. The zero-order chi connectivity index (χ0) is 14.0. The molecule has 0 aromatic heterocycles. The lowest BCUT2D eigenvalue weighted by Crippen LogP contribution is -2.45. The first-order valence-electron chi connectivity index (χ1n) is 6.48. The van der Waals surface area contributed by atoms with Gasteiger partial charge in [-0.05, 0) is 36.9 Å². The van der Waals surface area contributed by atoms with Gasteiger partial charge >= 0.3 is 0 Å². The van der Waals surface area contributed by atoms with Gasteiger partial charge in [0.15, 0.2) is 0 Å². The van der Waals surface area contributed by atoms with E-state index in [0.717, 1.165) is 6.42 Å². The summed E-state index contributed by atoms with van der Waals surface area (Å²) in [5, 5.41) is -0.101. The SMILES string of the molecule is CC1CCN(C(=O)c2cccc(F)c2Cl)CC1CN. The molecule has 2 rings (SSSR count). The minimum atomic E-state index is -0.562. The number of benzene rings is 1. The van der Waals surface area contributed by atoms with Crippen molar-refractivity contribution in [2.75, 3.05) is 19.6 Å². The number of hydrogen-bond acceptors (Lipinski definition) is 2. The third-order valence-corrected chi connectivity index (χ3v) is 4.27. The van der Waals surface area contributed by atoms with Crippen molar-refractivity contribution in [1.82, 2.24) is 4.90 Å². The smallest absolute Gasteiger partial charge is 0.255 e. The van der Waals surface area contributed by atoms with Gasteiger partial charge in [0.05, 0.1) is 10.6 Å². The molecule has 19 heavy (non-hydrogen) atoms. The van der Waals surface area contributed by atoms with Crippen LogP contribution in [0, 0.1) is 17.7 Å². The van der Waals surface area contributed by atoms with Crippen molar-refractivity contribution in [3.05, 3.63) is 34.6 Å². The van der Waals surface area contributed by atoms with Gasteiger partial charge in [0.25, 0.3) is 5.91 Å². The van der Waals surface area contributed by atoms with Gasteiger partial charge in [-0.25, -0.2) is 4.39 Å². The first kappa shape index (κ1) is 14.3. The highest BCUT2D eigenvalue weighted by molar-refractivity contribution is 6.34. The number of nitrogens with two attached hydrogens (primary N) is 1. The highest BCUT2D eigenvalue weighted by Crippen LogP contribution is 2.26. The maximum absolute atomic E-state index is 13.4. The highest BCUT2D eigenvalue weighted by atomic mass is 35.5. The molecule has 1 amide bonds. The van der Waals surface area contributed by atoms with Crippen LogP contribution in [0.4, 0.5) is 4.39 Å². The number of rotatable bonds is 2. The lowest BCUT2D eigenvalue weighted by molar-refractivity contribution is 0.0618. The summed E-state index contributed by atoms with van der Waals surface area (Å²) in [4.78, 5) is 14.1. The van der Waals surface area contributed by atoms with E-state index in [2.05, 4.69) is 6.92 Å². The summed E-state index contributed by atoms with van der Waals surface area (Å²) in [5.74, 6) is 0.0326. The van der Waals surface area contributed by atoms with Crippen LogP contribution in [0.3, 0.4) is 0 Å². The molecule has 1 heterocycles. The van der Waals surface area contributed by atoms with E-state index < -0.39 is 5.82 Å². The van der Waals surface area contributed by atoms with Crippen LogP contribution in [-0.4, -0.2) is 30.4 Å². The molecular formula is C14H18ClFN2O. The molecule has 1 aliphatic heterocycles. The van der Waals surface area contributed by atoms with Crippen molar-refractivity contribution >= 4 is 17.5 Å². The lowest BCUT2D eigenvalue weighted by Gasteiger charge is -2.36. The van der Waals surface area contributed by atoms with Gasteiger partial charge in [-0.1, -0.05) is 24.6 Å². The Hall–Kier alpha value is -1.13. The summed E-state index contributed by atoms with van der Waals surface area (Å²) in [7, 11) is 0. The molecule has 0 spiro atoms. The van der Waals surface area contributed by atoms with Gasteiger partial charge in [0, 0.05) is 13.1 Å². The van der Waals surface area contributed by atoms with Crippen molar-refractivity contribution in [3.8, 4) is 0 Å². The first-order valence-corrected chi connectivity index (χ1v) is 6.85. The van der Waals surface area contributed by atoms with Crippen molar-refractivity contribution in [2.24, 2.45) is 17.6 Å². The summed E-state index contributed by atoms with van der Waals surface area (Å²) < 4.78 is 13.4. The zero-order valence-corrected chi connectivity index (χ0v) is 11.7. The molecular weight excluding hydrogens is 267 g/mol. The maximum atomic E-state index is 13.4. The second-order valence-electron chi connectivity index (χ2n) is 5.11. The molecule has 0 saturated carbocycles. The summed E-state index contributed by atoms with van der Waals surface area (Å²) in [5.41, 5.74) is 5.95. The van der Waals surface area contributed by atoms with E-state index in [9.17, 15) is 9.18 Å². The average Bonchev–Trinajstić information content (AvgIpc) is 2.41. The van der Waals surface area contributed by atoms with Crippen molar-refractivity contribution in [1.29, 1.82) is 0 Å². The van der Waals surface area contributed by atoms with Crippen LogP contribution < -0.4 is 5.73 Å². The quantitative estimate of drug-likeness (QED) is 0.907. The van der Waals surface area contributed by atoms with Gasteiger partial charge in [0.2, 0.25) is 0 Å². The van der Waals surface area contributed by atoms with Gasteiger partial charge < -0.3 is 10.6 Å². The molecule has 1 fully saturated rings. The van der Waals surface area contributed by atoms with Crippen LogP contribution in [0.1, 0.15) is 23.7 Å². The molecule has 1 aromatic carbocycles. The Labute approximate surface area is 117 Å². The monoisotopic (exact) mass is 284 g/mol.